The summed E-state index contributed by atoms with van der Waals surface area (Å²) in [6.07, 6.45) is 5.02. The first-order chi connectivity index (χ1) is 6.71. The lowest BCUT2D eigenvalue weighted by Crippen LogP contribution is -2.23. The molecule has 0 N–H and O–H groups in total. The molecule has 1 aromatic heterocycles. The molecule has 1 aliphatic carbocycles. The summed E-state index contributed by atoms with van der Waals surface area (Å²) < 4.78 is 24.7. The van der Waals surface area contributed by atoms with E-state index in [1.807, 2.05) is 5.38 Å². The Labute approximate surface area is 88.9 Å². The largest absolute Gasteiger partial charge is 0.223 e. The Morgan fingerprint density at radius 3 is 2.50 bits per heavy atom. The van der Waals surface area contributed by atoms with Gasteiger partial charge < -0.3 is 0 Å². The number of thiophene rings is 1. The lowest BCUT2D eigenvalue weighted by molar-refractivity contribution is 0.484. The van der Waals surface area contributed by atoms with Crippen LogP contribution in [-0.2, 0) is 9.84 Å². The fourth-order valence-electron chi connectivity index (χ4n) is 1.97. The summed E-state index contributed by atoms with van der Waals surface area (Å²) in [4.78, 5) is 0. The second kappa shape index (κ2) is 4.03. The van der Waals surface area contributed by atoms with Crippen LogP contribution in [0.25, 0.3) is 0 Å². The van der Waals surface area contributed by atoms with E-state index in [0.29, 0.717) is 4.21 Å². The van der Waals surface area contributed by atoms with Gasteiger partial charge in [-0.1, -0.05) is 25.3 Å². The maximum atomic E-state index is 12.1. The third kappa shape index (κ3) is 1.86. The quantitative estimate of drug-likeness (QED) is 0.783. The molecule has 0 spiro atoms. The highest BCUT2D eigenvalue weighted by atomic mass is 32.2. The summed E-state index contributed by atoms with van der Waals surface area (Å²) in [7, 11) is -3.00. The molecule has 0 radical (unpaired) electrons. The van der Waals surface area contributed by atoms with Crippen molar-refractivity contribution in [2.75, 3.05) is 0 Å². The van der Waals surface area contributed by atoms with Crippen LogP contribution in [0.5, 0.6) is 0 Å². The van der Waals surface area contributed by atoms with Crippen molar-refractivity contribution in [3.8, 4) is 0 Å². The number of sulfone groups is 1. The fourth-order valence-corrected chi connectivity index (χ4v) is 5.08. The van der Waals surface area contributed by atoms with E-state index in [4.69, 9.17) is 0 Å². The Morgan fingerprint density at radius 1 is 1.21 bits per heavy atom. The first kappa shape index (κ1) is 10.2. The first-order valence-corrected chi connectivity index (χ1v) is 7.41. The summed E-state index contributed by atoms with van der Waals surface area (Å²) in [5, 5.41) is 1.71. The van der Waals surface area contributed by atoms with Gasteiger partial charge in [-0.25, -0.2) is 8.42 Å². The number of rotatable bonds is 2. The van der Waals surface area contributed by atoms with E-state index >= 15 is 0 Å². The van der Waals surface area contributed by atoms with Crippen molar-refractivity contribution in [1.82, 2.24) is 0 Å². The molecule has 1 aromatic rings. The molecular weight excluding hydrogens is 216 g/mol. The zero-order chi connectivity index (χ0) is 10.0. The molecule has 1 aliphatic rings. The first-order valence-electron chi connectivity index (χ1n) is 4.98. The Hall–Kier alpha value is -0.350. The number of hydrogen-bond acceptors (Lipinski definition) is 3. The third-order valence-electron chi connectivity index (χ3n) is 2.77. The molecule has 0 saturated heterocycles. The van der Waals surface area contributed by atoms with E-state index in [1.165, 1.54) is 17.8 Å². The zero-order valence-electron chi connectivity index (χ0n) is 7.98. The van der Waals surface area contributed by atoms with Crippen molar-refractivity contribution in [3.63, 3.8) is 0 Å². The Balaban J connectivity index is 2.23. The maximum Gasteiger partial charge on any atom is 0.190 e. The molecule has 78 valence electrons. The van der Waals surface area contributed by atoms with Crippen LogP contribution < -0.4 is 0 Å². The summed E-state index contributed by atoms with van der Waals surface area (Å²) in [5.74, 6) is 0. The van der Waals surface area contributed by atoms with Crippen molar-refractivity contribution in [2.24, 2.45) is 0 Å². The van der Waals surface area contributed by atoms with Gasteiger partial charge in [0.25, 0.3) is 0 Å². The van der Waals surface area contributed by atoms with Crippen LogP contribution in [-0.4, -0.2) is 13.7 Å². The molecule has 1 fully saturated rings. The second-order valence-corrected chi connectivity index (χ2v) is 7.14. The van der Waals surface area contributed by atoms with Gasteiger partial charge in [-0.3, -0.25) is 0 Å². The highest BCUT2D eigenvalue weighted by Crippen LogP contribution is 2.30. The normalized spacial score (nSPS) is 19.7. The molecule has 2 rings (SSSR count). The molecule has 0 unspecified atom stereocenters. The SMILES string of the molecule is O=S(=O)(c1cccs1)C1CCCCC1. The predicted octanol–water partition coefficient (Wildman–Crippen LogP) is 2.85. The summed E-state index contributed by atoms with van der Waals surface area (Å²) >= 11 is 1.34. The van der Waals surface area contributed by atoms with Crippen LogP contribution in [0, 0.1) is 0 Å². The van der Waals surface area contributed by atoms with Gasteiger partial charge in [-0.15, -0.1) is 11.3 Å². The van der Waals surface area contributed by atoms with Gasteiger partial charge in [0, 0.05) is 0 Å². The van der Waals surface area contributed by atoms with Crippen molar-refractivity contribution in [3.05, 3.63) is 17.5 Å². The lowest BCUT2D eigenvalue weighted by atomic mass is 10.0. The molecule has 0 atom stereocenters. The predicted molar refractivity (Wildman–Crippen MR) is 58.4 cm³/mol. The third-order valence-corrected chi connectivity index (χ3v) is 6.46. The van der Waals surface area contributed by atoms with E-state index in [0.717, 1.165) is 25.7 Å². The molecule has 0 aliphatic heterocycles. The van der Waals surface area contributed by atoms with Crippen LogP contribution in [0.1, 0.15) is 32.1 Å². The van der Waals surface area contributed by atoms with Gasteiger partial charge in [0.05, 0.1) is 5.25 Å². The molecule has 1 saturated carbocycles. The van der Waals surface area contributed by atoms with E-state index in [9.17, 15) is 8.42 Å². The average molecular weight is 230 g/mol. The summed E-state index contributed by atoms with van der Waals surface area (Å²) in [5.41, 5.74) is 0. The highest BCUT2D eigenvalue weighted by Gasteiger charge is 2.29. The van der Waals surface area contributed by atoms with Crippen LogP contribution in [0.15, 0.2) is 21.7 Å². The van der Waals surface area contributed by atoms with E-state index < -0.39 is 9.84 Å². The van der Waals surface area contributed by atoms with Gasteiger partial charge in [0.2, 0.25) is 0 Å². The number of hydrogen-bond donors (Lipinski definition) is 0. The minimum Gasteiger partial charge on any atom is -0.223 e. The van der Waals surface area contributed by atoms with Crippen molar-refractivity contribution >= 4 is 21.2 Å². The fraction of sp³-hybridized carbons (Fsp3) is 0.600. The van der Waals surface area contributed by atoms with E-state index in [-0.39, 0.29) is 5.25 Å². The van der Waals surface area contributed by atoms with Crippen molar-refractivity contribution < 1.29 is 8.42 Å². The van der Waals surface area contributed by atoms with Crippen LogP contribution in [0.2, 0.25) is 0 Å². The van der Waals surface area contributed by atoms with Gasteiger partial charge in [-0.2, -0.15) is 0 Å². The molecule has 4 heteroatoms. The van der Waals surface area contributed by atoms with Gasteiger partial charge in [0.15, 0.2) is 9.84 Å². The van der Waals surface area contributed by atoms with Crippen molar-refractivity contribution in [2.45, 2.75) is 41.6 Å². The highest BCUT2D eigenvalue weighted by molar-refractivity contribution is 7.94. The standard InChI is InChI=1S/C10H14O2S2/c11-14(12,10-7-4-8-13-10)9-5-2-1-3-6-9/h4,7-9H,1-3,5-6H2. The van der Waals surface area contributed by atoms with E-state index in [2.05, 4.69) is 0 Å². The molecule has 0 bridgehead atoms. The molecule has 2 nitrogen and oxygen atoms in total. The van der Waals surface area contributed by atoms with Gasteiger partial charge in [-0.05, 0) is 24.3 Å². The molecule has 0 aromatic carbocycles. The topological polar surface area (TPSA) is 34.1 Å². The van der Waals surface area contributed by atoms with Gasteiger partial charge in [0.1, 0.15) is 4.21 Å². The molecule has 1 heterocycles. The average Bonchev–Trinajstić information content (AvgIpc) is 2.72. The summed E-state index contributed by atoms with van der Waals surface area (Å²) in [6, 6.07) is 3.52. The maximum absolute atomic E-state index is 12.1. The van der Waals surface area contributed by atoms with Crippen LogP contribution >= 0.6 is 11.3 Å². The Kier molecular flexibility index (Phi) is 2.93. The molecule has 14 heavy (non-hydrogen) atoms. The Bertz CT molecular complexity index is 372. The van der Waals surface area contributed by atoms with Crippen molar-refractivity contribution in [1.29, 1.82) is 0 Å². The lowest BCUT2D eigenvalue weighted by Gasteiger charge is -2.20. The second-order valence-electron chi connectivity index (χ2n) is 3.74. The minimum absolute atomic E-state index is 0.116. The zero-order valence-corrected chi connectivity index (χ0v) is 9.61. The van der Waals surface area contributed by atoms with Crippen LogP contribution in [0.3, 0.4) is 0 Å². The minimum atomic E-state index is -3.00. The smallest absolute Gasteiger partial charge is 0.190 e. The molecule has 0 amide bonds. The summed E-state index contributed by atoms with van der Waals surface area (Å²) in [6.45, 7) is 0. The Morgan fingerprint density at radius 2 is 1.93 bits per heavy atom. The van der Waals surface area contributed by atoms with E-state index in [1.54, 1.807) is 12.1 Å². The molecular formula is C10H14O2S2. The van der Waals surface area contributed by atoms with Gasteiger partial charge >= 0.3 is 0 Å². The monoisotopic (exact) mass is 230 g/mol. The van der Waals surface area contributed by atoms with Crippen LogP contribution in [0.4, 0.5) is 0 Å².